The second-order valence-corrected chi connectivity index (χ2v) is 11.0. The third-order valence-corrected chi connectivity index (χ3v) is 9.21. The third kappa shape index (κ3) is 3.19. The second kappa shape index (κ2) is 7.57. The maximum absolute atomic E-state index is 2.48. The van der Waals surface area contributed by atoms with E-state index in [-0.39, 0.29) is 0 Å². The summed E-state index contributed by atoms with van der Waals surface area (Å²) in [5.41, 5.74) is 14.3. The number of hydrogen-bond donors (Lipinski definition) is 0. The van der Waals surface area contributed by atoms with Gasteiger partial charge in [0, 0.05) is 5.92 Å². The van der Waals surface area contributed by atoms with Crippen LogP contribution < -0.4 is 0 Å². The van der Waals surface area contributed by atoms with Crippen LogP contribution in [0.15, 0.2) is 121 Å². The molecule has 1 heteroatoms. The van der Waals surface area contributed by atoms with Crippen molar-refractivity contribution < 1.29 is 0 Å². The molecule has 3 aliphatic rings. The molecular weight excluding hydrogens is 412 g/mol. The molecule has 2 unspecified atom stereocenters. The lowest BCUT2D eigenvalue weighted by Gasteiger charge is -2.16. The standard InChI is InChI=1S/C32H24Si/c1-3-9-21(10-4-1)24-15-17-26-27-18-16-25(22-11-5-2-6-12-22)20-29(27)30(28(26)19-24)32-31(33-32)23-13-7-8-14-23/h1-13,15-20,30-32H,14H2. The van der Waals surface area contributed by atoms with Gasteiger partial charge < -0.3 is 0 Å². The van der Waals surface area contributed by atoms with Crippen LogP contribution in [-0.4, -0.2) is 9.52 Å². The first kappa shape index (κ1) is 19.1. The highest BCUT2D eigenvalue weighted by molar-refractivity contribution is 6.55. The fourth-order valence-electron chi connectivity index (χ4n) is 5.78. The molecule has 0 amide bonds. The minimum atomic E-state index is 0.493. The zero-order valence-electron chi connectivity index (χ0n) is 18.4. The fourth-order valence-corrected chi connectivity index (χ4v) is 7.47. The molecule has 7 rings (SSSR count). The Hall–Kier alpha value is -3.42. The predicted octanol–water partition coefficient (Wildman–Crippen LogP) is 8.31. The van der Waals surface area contributed by atoms with Gasteiger partial charge in [0.2, 0.25) is 0 Å². The molecule has 2 atom stereocenters. The molecule has 4 aromatic rings. The maximum atomic E-state index is 2.48. The van der Waals surface area contributed by atoms with Crippen LogP contribution in [0, 0.1) is 0 Å². The Labute approximate surface area is 198 Å². The van der Waals surface area contributed by atoms with Crippen molar-refractivity contribution in [2.45, 2.75) is 23.4 Å². The average Bonchev–Trinajstić information content (AvgIpc) is 3.33. The first-order valence-electron chi connectivity index (χ1n) is 11.9. The molecule has 0 bridgehead atoms. The van der Waals surface area contributed by atoms with Crippen LogP contribution in [0.2, 0.25) is 11.1 Å². The summed E-state index contributed by atoms with van der Waals surface area (Å²) in [5, 5.41) is 0. The Morgan fingerprint density at radius 3 is 1.70 bits per heavy atom. The van der Waals surface area contributed by atoms with E-state index in [1.807, 2.05) is 0 Å². The van der Waals surface area contributed by atoms with Gasteiger partial charge in [-0.05, 0) is 74.1 Å². The highest BCUT2D eigenvalue weighted by atomic mass is 28.2. The van der Waals surface area contributed by atoms with Crippen molar-refractivity contribution in [3.63, 3.8) is 0 Å². The molecular formula is C32H24Si. The molecule has 4 aromatic carbocycles. The number of hydrogen-bond acceptors (Lipinski definition) is 0. The lowest BCUT2D eigenvalue weighted by atomic mass is 9.88. The highest BCUT2D eigenvalue weighted by Crippen LogP contribution is 2.63. The van der Waals surface area contributed by atoms with Gasteiger partial charge >= 0.3 is 0 Å². The minimum absolute atomic E-state index is 0.493. The van der Waals surface area contributed by atoms with E-state index < -0.39 is 0 Å². The van der Waals surface area contributed by atoms with E-state index in [2.05, 4.69) is 115 Å². The topological polar surface area (TPSA) is 0 Å². The van der Waals surface area contributed by atoms with Crippen molar-refractivity contribution >= 4 is 9.52 Å². The summed E-state index contributed by atoms with van der Waals surface area (Å²) in [6.07, 6.45) is 8.07. The number of rotatable bonds is 4. The van der Waals surface area contributed by atoms with Gasteiger partial charge in [-0.1, -0.05) is 109 Å². The summed E-state index contributed by atoms with van der Waals surface area (Å²) in [7, 11) is 1.03. The number of benzene rings is 4. The summed E-state index contributed by atoms with van der Waals surface area (Å²) in [4.78, 5) is 0. The van der Waals surface area contributed by atoms with Crippen LogP contribution in [-0.2, 0) is 0 Å². The summed E-state index contributed by atoms with van der Waals surface area (Å²) < 4.78 is 0. The van der Waals surface area contributed by atoms with Crippen molar-refractivity contribution in [3.05, 3.63) is 132 Å². The van der Waals surface area contributed by atoms with E-state index in [9.17, 15) is 0 Å². The minimum Gasteiger partial charge on any atom is -0.0805 e. The van der Waals surface area contributed by atoms with Crippen LogP contribution in [0.1, 0.15) is 23.5 Å². The van der Waals surface area contributed by atoms with Gasteiger partial charge in [0.1, 0.15) is 0 Å². The largest absolute Gasteiger partial charge is 0.0805 e. The Kier molecular flexibility index (Phi) is 4.38. The van der Waals surface area contributed by atoms with Crippen LogP contribution in [0.5, 0.6) is 0 Å². The van der Waals surface area contributed by atoms with Gasteiger partial charge in [-0.3, -0.25) is 0 Å². The summed E-state index contributed by atoms with van der Waals surface area (Å²) in [5.74, 6) is 0.493. The maximum Gasteiger partial charge on any atom is 0.0517 e. The Morgan fingerprint density at radius 1 is 0.606 bits per heavy atom. The molecule has 2 radical (unpaired) electrons. The molecule has 1 fully saturated rings. The molecule has 33 heavy (non-hydrogen) atoms. The molecule has 0 aromatic heterocycles. The molecule has 156 valence electrons. The normalized spacial score (nSPS) is 20.4. The summed E-state index contributed by atoms with van der Waals surface area (Å²) in [6, 6.07) is 36.0. The fraction of sp³-hybridized carbons (Fsp3) is 0.125. The van der Waals surface area contributed by atoms with Gasteiger partial charge in [-0.25, -0.2) is 0 Å². The zero-order chi connectivity index (χ0) is 21.8. The predicted molar refractivity (Wildman–Crippen MR) is 140 cm³/mol. The van der Waals surface area contributed by atoms with Crippen molar-refractivity contribution in [2.24, 2.45) is 0 Å². The molecule has 1 saturated heterocycles. The van der Waals surface area contributed by atoms with Crippen molar-refractivity contribution in [1.82, 2.24) is 0 Å². The number of fused-ring (bicyclic) bond motifs is 3. The molecule has 0 nitrogen and oxygen atoms in total. The molecule has 2 aliphatic carbocycles. The second-order valence-electron chi connectivity index (χ2n) is 9.36. The van der Waals surface area contributed by atoms with Crippen molar-refractivity contribution in [1.29, 1.82) is 0 Å². The van der Waals surface area contributed by atoms with Crippen molar-refractivity contribution in [3.8, 4) is 33.4 Å². The summed E-state index contributed by atoms with van der Waals surface area (Å²) >= 11 is 0. The van der Waals surface area contributed by atoms with Crippen molar-refractivity contribution in [2.75, 3.05) is 0 Å². The van der Waals surface area contributed by atoms with Crippen LogP contribution in [0.3, 0.4) is 0 Å². The van der Waals surface area contributed by atoms with E-state index in [1.165, 1.54) is 44.5 Å². The lowest BCUT2D eigenvalue weighted by molar-refractivity contribution is 0.801. The first-order valence-corrected chi connectivity index (χ1v) is 13.0. The Bertz CT molecular complexity index is 1320. The van der Waals surface area contributed by atoms with Crippen LogP contribution in [0.25, 0.3) is 33.4 Å². The van der Waals surface area contributed by atoms with Crippen LogP contribution in [0.4, 0.5) is 0 Å². The lowest BCUT2D eigenvalue weighted by Crippen LogP contribution is -1.98. The van der Waals surface area contributed by atoms with Gasteiger partial charge in [0.25, 0.3) is 0 Å². The molecule has 1 heterocycles. The quantitative estimate of drug-likeness (QED) is 0.282. The number of allylic oxidation sites excluding steroid dienone is 4. The molecule has 1 aliphatic heterocycles. The van der Waals surface area contributed by atoms with E-state index in [1.54, 1.807) is 5.57 Å². The Morgan fingerprint density at radius 2 is 1.18 bits per heavy atom. The van der Waals surface area contributed by atoms with E-state index >= 15 is 0 Å². The SMILES string of the molecule is C1=CCC(C2[Si]C2C2c3cc(-c4ccccc4)ccc3-c3ccc(-c4ccccc4)cc32)=C1. The molecule has 0 saturated carbocycles. The Balaban J connectivity index is 1.36. The third-order valence-electron chi connectivity index (χ3n) is 7.46. The smallest absolute Gasteiger partial charge is 0.0517 e. The van der Waals surface area contributed by atoms with Gasteiger partial charge in [-0.15, -0.1) is 0 Å². The summed E-state index contributed by atoms with van der Waals surface area (Å²) in [6.45, 7) is 0. The van der Waals surface area contributed by atoms with Gasteiger partial charge in [0.15, 0.2) is 0 Å². The highest BCUT2D eigenvalue weighted by Gasteiger charge is 2.49. The monoisotopic (exact) mass is 436 g/mol. The van der Waals surface area contributed by atoms with Gasteiger partial charge in [0.05, 0.1) is 9.52 Å². The zero-order valence-corrected chi connectivity index (χ0v) is 19.4. The molecule has 0 N–H and O–H groups in total. The first-order chi connectivity index (χ1) is 16.4. The average molecular weight is 437 g/mol. The van der Waals surface area contributed by atoms with Gasteiger partial charge in [-0.2, -0.15) is 0 Å². The van der Waals surface area contributed by atoms with Crippen LogP contribution >= 0.6 is 0 Å². The molecule has 0 spiro atoms. The van der Waals surface area contributed by atoms with E-state index in [0.29, 0.717) is 5.92 Å². The van der Waals surface area contributed by atoms with E-state index in [4.69, 9.17) is 0 Å². The van der Waals surface area contributed by atoms with E-state index in [0.717, 1.165) is 27.0 Å².